The molecule has 55 heavy (non-hydrogen) atoms. The zero-order valence-corrected chi connectivity index (χ0v) is 30.4. The summed E-state index contributed by atoms with van der Waals surface area (Å²) in [6.45, 7) is 0. The molecule has 1 saturated carbocycles. The lowest BCUT2D eigenvalue weighted by Gasteiger charge is -2.37. The highest BCUT2D eigenvalue weighted by molar-refractivity contribution is 6.09. The molecule has 2 aromatic heterocycles. The Kier molecular flexibility index (Phi) is 7.38. The van der Waals surface area contributed by atoms with Gasteiger partial charge in [0.25, 0.3) is 0 Å². The predicted octanol–water partition coefficient (Wildman–Crippen LogP) is 13.3. The van der Waals surface area contributed by atoms with E-state index < -0.39 is 0 Å². The van der Waals surface area contributed by atoms with Crippen molar-refractivity contribution in [1.82, 2.24) is 15.0 Å². The van der Waals surface area contributed by atoms with Gasteiger partial charge in [0, 0.05) is 27.3 Å². The lowest BCUT2D eigenvalue weighted by molar-refractivity contribution is 0.353. The fourth-order valence-electron chi connectivity index (χ4n) is 9.45. The van der Waals surface area contributed by atoms with Gasteiger partial charge in [-0.2, -0.15) is 0 Å². The fourth-order valence-corrected chi connectivity index (χ4v) is 9.45. The topological polar surface area (TPSA) is 51.8 Å². The molecule has 0 N–H and O–H groups in total. The molecule has 0 saturated heterocycles. The molecule has 2 aliphatic carbocycles. The minimum atomic E-state index is 0.0796. The molecule has 0 amide bonds. The summed E-state index contributed by atoms with van der Waals surface area (Å²) in [5.74, 6) is 1.82. The summed E-state index contributed by atoms with van der Waals surface area (Å²) in [6, 6.07) is 58.2. The minimum Gasteiger partial charge on any atom is -0.455 e. The molecule has 1 fully saturated rings. The van der Waals surface area contributed by atoms with E-state index in [0.29, 0.717) is 17.5 Å². The van der Waals surface area contributed by atoms with Gasteiger partial charge in [-0.15, -0.1) is 0 Å². The lowest BCUT2D eigenvalue weighted by atomic mass is 9.66. The minimum absolute atomic E-state index is 0.0796. The van der Waals surface area contributed by atoms with Crippen molar-refractivity contribution in [2.45, 2.75) is 37.5 Å². The Labute approximate surface area is 320 Å². The van der Waals surface area contributed by atoms with Crippen LogP contribution in [-0.4, -0.2) is 15.0 Å². The Balaban J connectivity index is 1.03. The number of hydrogen-bond acceptors (Lipinski definition) is 4. The molecule has 2 heterocycles. The largest absolute Gasteiger partial charge is 0.455 e. The van der Waals surface area contributed by atoms with Crippen molar-refractivity contribution in [3.63, 3.8) is 0 Å². The molecule has 262 valence electrons. The lowest BCUT2D eigenvalue weighted by Crippen LogP contribution is -2.28. The first-order valence-corrected chi connectivity index (χ1v) is 19.4. The van der Waals surface area contributed by atoms with E-state index in [1.165, 1.54) is 65.5 Å². The van der Waals surface area contributed by atoms with Gasteiger partial charge in [0.1, 0.15) is 11.2 Å². The first-order chi connectivity index (χ1) is 27.2. The zero-order chi connectivity index (χ0) is 36.3. The average molecular weight is 708 g/mol. The number of hydrogen-bond donors (Lipinski definition) is 0. The molecular weight excluding hydrogens is 671 g/mol. The average Bonchev–Trinajstić information content (AvgIpc) is 3.78. The molecule has 0 aliphatic heterocycles. The van der Waals surface area contributed by atoms with Crippen LogP contribution in [-0.2, 0) is 5.41 Å². The van der Waals surface area contributed by atoms with E-state index in [2.05, 4.69) is 109 Å². The third-order valence-electron chi connectivity index (χ3n) is 11.9. The molecule has 0 atom stereocenters. The van der Waals surface area contributed by atoms with Gasteiger partial charge in [0.15, 0.2) is 17.5 Å². The van der Waals surface area contributed by atoms with E-state index in [1.54, 1.807) is 0 Å². The third kappa shape index (κ3) is 5.16. The first kappa shape index (κ1) is 31.8. The number of para-hydroxylation sites is 2. The Morgan fingerprint density at radius 1 is 0.400 bits per heavy atom. The van der Waals surface area contributed by atoms with Gasteiger partial charge in [-0.3, -0.25) is 0 Å². The van der Waals surface area contributed by atoms with Crippen LogP contribution >= 0.6 is 0 Å². The zero-order valence-electron chi connectivity index (χ0n) is 30.4. The van der Waals surface area contributed by atoms with Gasteiger partial charge in [-0.05, 0) is 81.6 Å². The van der Waals surface area contributed by atoms with Crippen molar-refractivity contribution >= 4 is 21.9 Å². The summed E-state index contributed by atoms with van der Waals surface area (Å²) in [6.07, 6.45) is 6.28. The number of furan rings is 1. The van der Waals surface area contributed by atoms with Crippen molar-refractivity contribution in [3.8, 4) is 67.5 Å². The van der Waals surface area contributed by atoms with Gasteiger partial charge < -0.3 is 4.42 Å². The van der Waals surface area contributed by atoms with Crippen LogP contribution in [0.1, 0.15) is 43.2 Å². The molecule has 11 rings (SSSR count). The summed E-state index contributed by atoms with van der Waals surface area (Å²) in [5.41, 5.74) is 15.1. The number of nitrogens with zero attached hydrogens (tertiary/aromatic N) is 3. The normalized spacial score (nSPS) is 14.3. The summed E-state index contributed by atoms with van der Waals surface area (Å²) < 4.78 is 6.44. The van der Waals surface area contributed by atoms with Gasteiger partial charge in [-0.1, -0.05) is 159 Å². The molecule has 0 radical (unpaired) electrons. The fraction of sp³-hybridized carbons (Fsp3) is 0.118. The van der Waals surface area contributed by atoms with Crippen molar-refractivity contribution in [2.24, 2.45) is 0 Å². The molecular formula is C51H37N3O. The van der Waals surface area contributed by atoms with E-state index >= 15 is 0 Å². The van der Waals surface area contributed by atoms with Crippen LogP contribution in [0, 0.1) is 0 Å². The summed E-state index contributed by atoms with van der Waals surface area (Å²) in [4.78, 5) is 15.3. The molecule has 4 nitrogen and oxygen atoms in total. The Hall–Kier alpha value is -6.65. The monoisotopic (exact) mass is 707 g/mol. The maximum atomic E-state index is 6.44. The highest BCUT2D eigenvalue weighted by Crippen LogP contribution is 2.58. The summed E-state index contributed by atoms with van der Waals surface area (Å²) in [7, 11) is 0. The van der Waals surface area contributed by atoms with Crippen LogP contribution in [0.25, 0.3) is 89.5 Å². The molecule has 0 unspecified atom stereocenters. The molecule has 0 bridgehead atoms. The number of benzene rings is 7. The maximum absolute atomic E-state index is 6.44. The van der Waals surface area contributed by atoms with Crippen molar-refractivity contribution in [1.29, 1.82) is 0 Å². The predicted molar refractivity (Wildman–Crippen MR) is 224 cm³/mol. The molecule has 2 aliphatic rings. The summed E-state index contributed by atoms with van der Waals surface area (Å²) >= 11 is 0. The SMILES string of the molecule is c1ccc(-c2nc(-c3cccc(-c4cccc(-c5cccc6c5C5(CCCCC5)c5ccccc5-6)c4)c3)nc(-c3cccc4c3oc3ccccc34)n2)cc1. The Morgan fingerprint density at radius 2 is 0.964 bits per heavy atom. The third-order valence-corrected chi connectivity index (χ3v) is 11.9. The second kappa shape index (κ2) is 12.7. The van der Waals surface area contributed by atoms with Crippen molar-refractivity contribution in [3.05, 3.63) is 175 Å². The van der Waals surface area contributed by atoms with Crippen LogP contribution in [0.4, 0.5) is 0 Å². The van der Waals surface area contributed by atoms with Crippen molar-refractivity contribution < 1.29 is 4.42 Å². The van der Waals surface area contributed by atoms with E-state index in [0.717, 1.165) is 49.8 Å². The quantitative estimate of drug-likeness (QED) is 0.179. The maximum Gasteiger partial charge on any atom is 0.167 e. The molecule has 4 heteroatoms. The Morgan fingerprint density at radius 3 is 1.82 bits per heavy atom. The van der Waals surface area contributed by atoms with Gasteiger partial charge >= 0.3 is 0 Å². The van der Waals surface area contributed by atoms with Crippen molar-refractivity contribution in [2.75, 3.05) is 0 Å². The molecule has 7 aromatic carbocycles. The smallest absolute Gasteiger partial charge is 0.167 e. The van der Waals surface area contributed by atoms with Crippen LogP contribution in [0.2, 0.25) is 0 Å². The first-order valence-electron chi connectivity index (χ1n) is 19.4. The molecule has 9 aromatic rings. The van der Waals surface area contributed by atoms with E-state index in [-0.39, 0.29) is 5.41 Å². The second-order valence-corrected chi connectivity index (χ2v) is 15.0. The highest BCUT2D eigenvalue weighted by Gasteiger charge is 2.45. The van der Waals surface area contributed by atoms with Crippen LogP contribution in [0.5, 0.6) is 0 Å². The van der Waals surface area contributed by atoms with Crippen LogP contribution in [0.3, 0.4) is 0 Å². The number of aromatic nitrogens is 3. The standard InChI is InChI=1S/C51H37N3O/c1-3-15-33(16-4-1)48-52-49(54-50(53-48)43-26-14-25-42-40-22-6-8-28-45(40)55-47(42)43)37-20-12-18-35(32-37)34-17-11-19-36(31-34)38-23-13-24-41-39-21-5-7-27-44(39)51(46(38)41)29-9-2-10-30-51/h1,3-8,11-28,31-32H,2,9-10,29-30H2. The van der Waals surface area contributed by atoms with Gasteiger partial charge in [0.2, 0.25) is 0 Å². The summed E-state index contributed by atoms with van der Waals surface area (Å²) in [5, 5.41) is 2.12. The van der Waals surface area contributed by atoms with Crippen LogP contribution < -0.4 is 0 Å². The number of fused-ring (bicyclic) bond motifs is 8. The van der Waals surface area contributed by atoms with Gasteiger partial charge in [-0.25, -0.2) is 15.0 Å². The number of rotatable bonds is 5. The second-order valence-electron chi connectivity index (χ2n) is 15.0. The van der Waals surface area contributed by atoms with E-state index in [1.807, 2.05) is 54.6 Å². The van der Waals surface area contributed by atoms with Crippen LogP contribution in [0.15, 0.2) is 168 Å². The van der Waals surface area contributed by atoms with E-state index in [9.17, 15) is 0 Å². The Bertz CT molecular complexity index is 2920. The molecule has 1 spiro atoms. The highest BCUT2D eigenvalue weighted by atomic mass is 16.3. The van der Waals surface area contributed by atoms with E-state index in [4.69, 9.17) is 19.4 Å². The van der Waals surface area contributed by atoms with Gasteiger partial charge in [0.05, 0.1) is 5.56 Å².